The Morgan fingerprint density at radius 2 is 0.771 bits per heavy atom. The molecular weight excluding hydrogens is 585 g/mol. The molecule has 48 heavy (non-hydrogen) atoms. The van der Waals surface area contributed by atoms with Crippen LogP contribution in [0.4, 0.5) is 0 Å². The van der Waals surface area contributed by atoms with Crippen LogP contribution in [0.1, 0.15) is 0 Å². The number of para-hydroxylation sites is 1. The number of rotatable bonds is 5. The molecule has 4 heteroatoms. The lowest BCUT2D eigenvalue weighted by Crippen LogP contribution is -2.01. The molecule has 0 unspecified atom stereocenters. The predicted octanol–water partition coefficient (Wildman–Crippen LogP) is 11.1. The second-order valence-electron chi connectivity index (χ2n) is 11.9. The standard InChI is InChI=1S/C44H28N4/c1-3-13-31(14-4-1)42-46-43(32-15-5-2-6-16-32)48-44(47-42)39-28-34-18-8-7-17-33(34)27-38(39)29-23-25-30(26-24-29)41-37-21-10-9-19-35(37)36-20-11-12-22-40(36)45-41/h1-28H. The number of hydrogen-bond donors (Lipinski definition) is 0. The van der Waals surface area contributed by atoms with Gasteiger partial charge in [-0.2, -0.15) is 0 Å². The summed E-state index contributed by atoms with van der Waals surface area (Å²) in [5.74, 6) is 1.92. The zero-order valence-electron chi connectivity index (χ0n) is 26.0. The van der Waals surface area contributed by atoms with Gasteiger partial charge in [0.1, 0.15) is 0 Å². The Bertz CT molecular complexity index is 2540. The van der Waals surface area contributed by atoms with Gasteiger partial charge in [-0.1, -0.05) is 152 Å². The summed E-state index contributed by atoms with van der Waals surface area (Å²) < 4.78 is 0. The second-order valence-corrected chi connectivity index (χ2v) is 11.9. The van der Waals surface area contributed by atoms with Gasteiger partial charge in [0.2, 0.25) is 0 Å². The Morgan fingerprint density at radius 1 is 0.292 bits per heavy atom. The van der Waals surface area contributed by atoms with Crippen molar-refractivity contribution in [2.45, 2.75) is 0 Å². The van der Waals surface area contributed by atoms with E-state index < -0.39 is 0 Å². The van der Waals surface area contributed by atoms with E-state index in [0.717, 1.165) is 66.1 Å². The minimum absolute atomic E-state index is 0.634. The lowest BCUT2D eigenvalue weighted by Gasteiger charge is -2.14. The zero-order valence-corrected chi connectivity index (χ0v) is 26.0. The van der Waals surface area contributed by atoms with Crippen LogP contribution in [0.3, 0.4) is 0 Å². The number of benzene rings is 7. The fourth-order valence-corrected chi connectivity index (χ4v) is 6.52. The van der Waals surface area contributed by atoms with Gasteiger partial charge in [-0.25, -0.2) is 19.9 Å². The van der Waals surface area contributed by atoms with E-state index in [1.807, 2.05) is 66.7 Å². The summed E-state index contributed by atoms with van der Waals surface area (Å²) in [5.41, 5.74) is 8.01. The van der Waals surface area contributed by atoms with Crippen LogP contribution in [0.15, 0.2) is 170 Å². The SMILES string of the molecule is c1ccc(-c2nc(-c3ccccc3)nc(-c3cc4ccccc4cc3-c3ccc(-c4nc5ccccc5c5ccccc45)cc3)n2)cc1. The first-order valence-electron chi connectivity index (χ1n) is 16.1. The Labute approximate surface area is 278 Å². The Kier molecular flexibility index (Phi) is 6.76. The van der Waals surface area contributed by atoms with Gasteiger partial charge in [0.05, 0.1) is 11.2 Å². The van der Waals surface area contributed by atoms with Crippen molar-refractivity contribution in [3.05, 3.63) is 170 Å². The number of aromatic nitrogens is 4. The van der Waals surface area contributed by atoms with E-state index in [0.29, 0.717) is 17.5 Å². The van der Waals surface area contributed by atoms with Crippen LogP contribution in [-0.2, 0) is 0 Å². The zero-order chi connectivity index (χ0) is 31.9. The van der Waals surface area contributed by atoms with Crippen LogP contribution in [0.2, 0.25) is 0 Å². The van der Waals surface area contributed by atoms with Crippen molar-refractivity contribution in [1.82, 2.24) is 19.9 Å². The van der Waals surface area contributed by atoms with E-state index in [4.69, 9.17) is 19.9 Å². The van der Waals surface area contributed by atoms with Crippen molar-refractivity contribution >= 4 is 32.4 Å². The molecule has 224 valence electrons. The first-order chi connectivity index (χ1) is 23.8. The van der Waals surface area contributed by atoms with Gasteiger partial charge in [0, 0.05) is 33.0 Å². The van der Waals surface area contributed by atoms with Gasteiger partial charge in [0.25, 0.3) is 0 Å². The lowest BCUT2D eigenvalue weighted by molar-refractivity contribution is 1.07. The van der Waals surface area contributed by atoms with Gasteiger partial charge in [0.15, 0.2) is 17.5 Å². The van der Waals surface area contributed by atoms with Crippen LogP contribution in [0.5, 0.6) is 0 Å². The summed E-state index contributed by atoms with van der Waals surface area (Å²) in [6.45, 7) is 0. The second kappa shape index (κ2) is 11.7. The third kappa shape index (κ3) is 4.97. The van der Waals surface area contributed by atoms with Gasteiger partial charge < -0.3 is 0 Å². The van der Waals surface area contributed by atoms with Crippen molar-refractivity contribution in [2.24, 2.45) is 0 Å². The van der Waals surface area contributed by atoms with Crippen molar-refractivity contribution in [1.29, 1.82) is 0 Å². The van der Waals surface area contributed by atoms with Gasteiger partial charge in [-0.05, 0) is 45.5 Å². The fourth-order valence-electron chi connectivity index (χ4n) is 6.52. The molecule has 0 radical (unpaired) electrons. The summed E-state index contributed by atoms with van der Waals surface area (Å²) >= 11 is 0. The first kappa shape index (κ1) is 27.8. The molecule has 0 saturated heterocycles. The van der Waals surface area contributed by atoms with Gasteiger partial charge >= 0.3 is 0 Å². The van der Waals surface area contributed by atoms with Gasteiger partial charge in [-0.15, -0.1) is 0 Å². The molecule has 0 N–H and O–H groups in total. The van der Waals surface area contributed by atoms with E-state index in [1.54, 1.807) is 0 Å². The summed E-state index contributed by atoms with van der Waals surface area (Å²) in [7, 11) is 0. The average molecular weight is 613 g/mol. The molecule has 2 aromatic heterocycles. The van der Waals surface area contributed by atoms with Crippen LogP contribution in [0.25, 0.3) is 89.0 Å². The third-order valence-corrected chi connectivity index (χ3v) is 8.90. The largest absolute Gasteiger partial charge is 0.247 e. The Morgan fingerprint density at radius 3 is 1.42 bits per heavy atom. The minimum Gasteiger partial charge on any atom is -0.247 e. The van der Waals surface area contributed by atoms with Crippen molar-refractivity contribution in [3.63, 3.8) is 0 Å². The molecule has 7 aromatic carbocycles. The highest BCUT2D eigenvalue weighted by atomic mass is 15.0. The number of nitrogens with zero attached hydrogens (tertiary/aromatic N) is 4. The molecule has 0 spiro atoms. The molecule has 2 heterocycles. The molecule has 0 atom stereocenters. The van der Waals surface area contributed by atoms with Crippen molar-refractivity contribution in [3.8, 4) is 56.5 Å². The van der Waals surface area contributed by atoms with Crippen LogP contribution < -0.4 is 0 Å². The molecule has 0 aliphatic carbocycles. The van der Waals surface area contributed by atoms with Crippen LogP contribution in [-0.4, -0.2) is 19.9 Å². The molecule has 0 bridgehead atoms. The smallest absolute Gasteiger partial charge is 0.164 e. The molecule has 9 rings (SSSR count). The van der Waals surface area contributed by atoms with Crippen LogP contribution >= 0.6 is 0 Å². The Balaban J connectivity index is 1.23. The maximum absolute atomic E-state index is 5.13. The molecule has 0 aliphatic rings. The quantitative estimate of drug-likeness (QED) is 0.181. The Hall–Kier alpha value is -6.52. The fraction of sp³-hybridized carbons (Fsp3) is 0. The third-order valence-electron chi connectivity index (χ3n) is 8.90. The van der Waals surface area contributed by atoms with E-state index >= 15 is 0 Å². The normalized spacial score (nSPS) is 11.3. The molecule has 0 aliphatic heterocycles. The highest BCUT2D eigenvalue weighted by molar-refractivity contribution is 6.11. The maximum atomic E-state index is 5.13. The van der Waals surface area contributed by atoms with E-state index in [9.17, 15) is 0 Å². The van der Waals surface area contributed by atoms with Crippen LogP contribution in [0, 0.1) is 0 Å². The molecule has 9 aromatic rings. The summed E-state index contributed by atoms with van der Waals surface area (Å²) in [4.78, 5) is 20.2. The van der Waals surface area contributed by atoms with E-state index in [-0.39, 0.29) is 0 Å². The lowest BCUT2D eigenvalue weighted by atomic mass is 9.93. The van der Waals surface area contributed by atoms with E-state index in [2.05, 4.69) is 103 Å². The van der Waals surface area contributed by atoms with Gasteiger partial charge in [-0.3, -0.25) is 0 Å². The summed E-state index contributed by atoms with van der Waals surface area (Å²) in [6, 6.07) is 58.7. The monoisotopic (exact) mass is 612 g/mol. The van der Waals surface area contributed by atoms with Crippen molar-refractivity contribution < 1.29 is 0 Å². The topological polar surface area (TPSA) is 51.6 Å². The molecule has 0 amide bonds. The highest BCUT2D eigenvalue weighted by Crippen LogP contribution is 2.38. The minimum atomic E-state index is 0.634. The summed E-state index contributed by atoms with van der Waals surface area (Å²) in [5, 5.41) is 5.79. The molecule has 4 nitrogen and oxygen atoms in total. The average Bonchev–Trinajstić information content (AvgIpc) is 3.17. The van der Waals surface area contributed by atoms with Crippen molar-refractivity contribution in [2.75, 3.05) is 0 Å². The number of fused-ring (bicyclic) bond motifs is 4. The molecule has 0 fully saturated rings. The molecule has 0 saturated carbocycles. The van der Waals surface area contributed by atoms with E-state index in [1.165, 1.54) is 5.39 Å². The predicted molar refractivity (Wildman–Crippen MR) is 197 cm³/mol. The first-order valence-corrected chi connectivity index (χ1v) is 16.1. The number of pyridine rings is 1. The number of hydrogen-bond acceptors (Lipinski definition) is 4. The maximum Gasteiger partial charge on any atom is 0.164 e. The molecular formula is C44H28N4. The summed E-state index contributed by atoms with van der Waals surface area (Å²) in [6.07, 6.45) is 0. The highest BCUT2D eigenvalue weighted by Gasteiger charge is 2.17.